The second-order valence-corrected chi connectivity index (χ2v) is 6.26. The molecule has 0 amide bonds. The first kappa shape index (κ1) is 19.3. The zero-order valence-electron chi connectivity index (χ0n) is 14.5. The van der Waals surface area contributed by atoms with Crippen LogP contribution in [0.3, 0.4) is 0 Å². The van der Waals surface area contributed by atoms with Crippen LogP contribution in [-0.2, 0) is 0 Å². The molecular formula is C21H24ClNO2. The average Bonchev–Trinajstić information content (AvgIpc) is 2.60. The minimum absolute atomic E-state index is 0. The highest BCUT2D eigenvalue weighted by molar-refractivity contribution is 5.88. The van der Waals surface area contributed by atoms with Crippen molar-refractivity contribution in [2.45, 2.75) is 12.2 Å². The molecule has 0 radical (unpaired) electrons. The van der Waals surface area contributed by atoms with Gasteiger partial charge in [-0.15, -0.1) is 12.4 Å². The number of rotatable bonds is 6. The van der Waals surface area contributed by atoms with E-state index in [2.05, 4.69) is 12.1 Å². The number of aliphatic hydroxyl groups is 1. The topological polar surface area (TPSA) is 32.7 Å². The van der Waals surface area contributed by atoms with E-state index in [9.17, 15) is 5.11 Å². The monoisotopic (exact) mass is 357 g/mol. The molecule has 3 nitrogen and oxygen atoms in total. The van der Waals surface area contributed by atoms with E-state index in [-0.39, 0.29) is 12.4 Å². The Labute approximate surface area is 155 Å². The van der Waals surface area contributed by atoms with Crippen LogP contribution in [0.15, 0.2) is 72.8 Å². The normalized spacial score (nSPS) is 13.3. The van der Waals surface area contributed by atoms with Crippen molar-refractivity contribution in [1.29, 1.82) is 0 Å². The molecule has 0 aliphatic rings. The summed E-state index contributed by atoms with van der Waals surface area (Å²) >= 11 is 0. The SMILES string of the molecule is CN(C)C[C@@H](O)[C@@H](Oc1cccc2ccccc12)c1ccccc1.Cl. The number of hydrogen-bond acceptors (Lipinski definition) is 3. The number of halogens is 1. The fraction of sp³-hybridized carbons (Fsp3) is 0.238. The molecule has 0 aliphatic carbocycles. The third-order valence-corrected chi connectivity index (χ3v) is 4.03. The lowest BCUT2D eigenvalue weighted by Gasteiger charge is -2.27. The van der Waals surface area contributed by atoms with Crippen LogP contribution in [0.2, 0.25) is 0 Å². The van der Waals surface area contributed by atoms with Gasteiger partial charge in [-0.1, -0.05) is 66.7 Å². The van der Waals surface area contributed by atoms with Crippen molar-refractivity contribution in [2.24, 2.45) is 0 Å². The highest BCUT2D eigenvalue weighted by atomic mass is 35.5. The van der Waals surface area contributed by atoms with Gasteiger partial charge in [-0.2, -0.15) is 0 Å². The van der Waals surface area contributed by atoms with Gasteiger partial charge in [0.2, 0.25) is 0 Å². The molecule has 0 aliphatic heterocycles. The Hall–Kier alpha value is -2.07. The van der Waals surface area contributed by atoms with Gasteiger partial charge in [0, 0.05) is 11.9 Å². The Balaban J connectivity index is 0.00000225. The Morgan fingerprint density at radius 1 is 0.880 bits per heavy atom. The van der Waals surface area contributed by atoms with E-state index in [0.29, 0.717) is 6.54 Å². The van der Waals surface area contributed by atoms with Gasteiger partial charge >= 0.3 is 0 Å². The van der Waals surface area contributed by atoms with Crippen LogP contribution >= 0.6 is 12.4 Å². The number of benzene rings is 3. The smallest absolute Gasteiger partial charge is 0.151 e. The molecule has 0 bridgehead atoms. The first-order chi connectivity index (χ1) is 11.6. The van der Waals surface area contributed by atoms with E-state index >= 15 is 0 Å². The molecule has 132 valence electrons. The van der Waals surface area contributed by atoms with Gasteiger partial charge in [0.15, 0.2) is 6.10 Å². The number of aliphatic hydroxyl groups excluding tert-OH is 1. The van der Waals surface area contributed by atoms with E-state index in [1.807, 2.05) is 79.7 Å². The summed E-state index contributed by atoms with van der Waals surface area (Å²) in [6.45, 7) is 0.532. The Morgan fingerprint density at radius 3 is 2.24 bits per heavy atom. The molecule has 0 saturated heterocycles. The van der Waals surface area contributed by atoms with E-state index in [4.69, 9.17) is 4.74 Å². The quantitative estimate of drug-likeness (QED) is 0.713. The molecule has 3 aromatic carbocycles. The van der Waals surface area contributed by atoms with Gasteiger partial charge in [-0.05, 0) is 31.1 Å². The number of likely N-dealkylation sites (N-methyl/N-ethyl adjacent to an activating group) is 1. The highest BCUT2D eigenvalue weighted by Crippen LogP contribution is 2.31. The van der Waals surface area contributed by atoms with Crippen LogP contribution in [0.4, 0.5) is 0 Å². The fourth-order valence-electron chi connectivity index (χ4n) is 2.92. The minimum Gasteiger partial charge on any atom is -0.482 e. The van der Waals surface area contributed by atoms with Crippen LogP contribution in [0.1, 0.15) is 11.7 Å². The lowest BCUT2D eigenvalue weighted by molar-refractivity contribution is 0.0202. The molecule has 1 N–H and O–H groups in total. The van der Waals surface area contributed by atoms with Crippen molar-refractivity contribution < 1.29 is 9.84 Å². The summed E-state index contributed by atoms with van der Waals surface area (Å²) in [4.78, 5) is 1.97. The molecule has 0 spiro atoms. The van der Waals surface area contributed by atoms with Gasteiger partial charge in [0.25, 0.3) is 0 Å². The molecule has 3 rings (SSSR count). The lowest BCUT2D eigenvalue weighted by Crippen LogP contribution is -2.33. The molecular weight excluding hydrogens is 334 g/mol. The lowest BCUT2D eigenvalue weighted by atomic mass is 10.0. The number of fused-ring (bicyclic) bond motifs is 1. The van der Waals surface area contributed by atoms with Gasteiger partial charge in [0.05, 0.1) is 0 Å². The van der Waals surface area contributed by atoms with Gasteiger partial charge in [-0.3, -0.25) is 0 Å². The molecule has 0 fully saturated rings. The summed E-state index contributed by atoms with van der Waals surface area (Å²) in [6.07, 6.45) is -1.04. The standard InChI is InChI=1S/C21H23NO2.ClH/c1-22(2)15-19(23)21(17-10-4-3-5-11-17)24-20-14-8-12-16-9-6-7-13-18(16)20;/h3-14,19,21,23H,15H2,1-2H3;1H/t19-,21+;/m1./s1. The van der Waals surface area contributed by atoms with Crippen molar-refractivity contribution >= 4 is 23.2 Å². The van der Waals surface area contributed by atoms with Crippen molar-refractivity contribution in [3.05, 3.63) is 78.4 Å². The van der Waals surface area contributed by atoms with Crippen LogP contribution in [0.25, 0.3) is 10.8 Å². The maximum absolute atomic E-state index is 10.7. The summed E-state index contributed by atoms with van der Waals surface area (Å²) in [7, 11) is 3.90. The maximum Gasteiger partial charge on any atom is 0.151 e. The van der Waals surface area contributed by atoms with Crippen molar-refractivity contribution in [2.75, 3.05) is 20.6 Å². The first-order valence-corrected chi connectivity index (χ1v) is 8.17. The number of nitrogens with zero attached hydrogens (tertiary/aromatic N) is 1. The predicted octanol–water partition coefficient (Wildman–Crippen LogP) is 4.30. The van der Waals surface area contributed by atoms with Crippen molar-refractivity contribution in [3.8, 4) is 5.75 Å². The first-order valence-electron chi connectivity index (χ1n) is 8.17. The predicted molar refractivity (Wildman–Crippen MR) is 106 cm³/mol. The molecule has 3 aromatic rings. The third-order valence-electron chi connectivity index (χ3n) is 4.03. The van der Waals surface area contributed by atoms with Crippen molar-refractivity contribution in [1.82, 2.24) is 4.90 Å². The highest BCUT2D eigenvalue weighted by Gasteiger charge is 2.24. The second kappa shape index (κ2) is 8.86. The molecule has 0 saturated carbocycles. The molecule has 25 heavy (non-hydrogen) atoms. The Kier molecular flexibility index (Phi) is 6.82. The second-order valence-electron chi connectivity index (χ2n) is 6.26. The summed E-state index contributed by atoms with van der Waals surface area (Å²) in [6, 6.07) is 24.0. The molecule has 0 heterocycles. The van der Waals surface area contributed by atoms with Crippen LogP contribution in [-0.4, -0.2) is 36.8 Å². The van der Waals surface area contributed by atoms with Crippen LogP contribution < -0.4 is 4.74 Å². The van der Waals surface area contributed by atoms with E-state index in [1.165, 1.54) is 0 Å². The number of hydrogen-bond donors (Lipinski definition) is 1. The zero-order valence-corrected chi connectivity index (χ0v) is 15.3. The largest absolute Gasteiger partial charge is 0.482 e. The van der Waals surface area contributed by atoms with Gasteiger partial charge < -0.3 is 14.7 Å². The van der Waals surface area contributed by atoms with Gasteiger partial charge in [-0.25, -0.2) is 0 Å². The fourth-order valence-corrected chi connectivity index (χ4v) is 2.92. The zero-order chi connectivity index (χ0) is 16.9. The Bertz CT molecular complexity index is 787. The Morgan fingerprint density at radius 2 is 1.52 bits per heavy atom. The maximum atomic E-state index is 10.7. The summed E-state index contributed by atoms with van der Waals surface area (Å²) in [5.74, 6) is 0.791. The average molecular weight is 358 g/mol. The molecule has 2 atom stereocenters. The number of ether oxygens (including phenoxy) is 1. The minimum atomic E-state index is -0.624. The molecule has 4 heteroatoms. The van der Waals surface area contributed by atoms with E-state index < -0.39 is 12.2 Å². The summed E-state index contributed by atoms with van der Waals surface area (Å²) in [5.41, 5.74) is 0.972. The van der Waals surface area contributed by atoms with E-state index in [1.54, 1.807) is 0 Å². The van der Waals surface area contributed by atoms with Crippen LogP contribution in [0, 0.1) is 0 Å². The van der Waals surface area contributed by atoms with Crippen LogP contribution in [0.5, 0.6) is 5.75 Å². The summed E-state index contributed by atoms with van der Waals surface area (Å²) < 4.78 is 6.30. The molecule has 0 unspecified atom stereocenters. The van der Waals surface area contributed by atoms with Crippen molar-refractivity contribution in [3.63, 3.8) is 0 Å². The van der Waals surface area contributed by atoms with Gasteiger partial charge in [0.1, 0.15) is 11.9 Å². The summed E-state index contributed by atoms with van der Waals surface area (Å²) in [5, 5.41) is 12.9. The third kappa shape index (κ3) is 4.73. The molecule has 0 aromatic heterocycles. The van der Waals surface area contributed by atoms with E-state index in [0.717, 1.165) is 22.1 Å².